The van der Waals surface area contributed by atoms with Crippen molar-refractivity contribution in [2.75, 3.05) is 19.1 Å². The number of ether oxygens (including phenoxy) is 1. The van der Waals surface area contributed by atoms with Gasteiger partial charge in [0.25, 0.3) is 0 Å². The predicted octanol–water partition coefficient (Wildman–Crippen LogP) is 3.33. The first-order chi connectivity index (χ1) is 11.5. The molecule has 1 aromatic heterocycles. The molecule has 0 radical (unpaired) electrons. The summed E-state index contributed by atoms with van der Waals surface area (Å²) in [5.74, 6) is 1.76. The van der Waals surface area contributed by atoms with E-state index in [0.29, 0.717) is 0 Å². The summed E-state index contributed by atoms with van der Waals surface area (Å²) in [5.41, 5.74) is 5.00. The summed E-state index contributed by atoms with van der Waals surface area (Å²) in [6.45, 7) is 1.96. The van der Waals surface area contributed by atoms with Gasteiger partial charge >= 0.3 is 0 Å². The van der Waals surface area contributed by atoms with Gasteiger partial charge in [-0.05, 0) is 48.9 Å². The molecule has 5 nitrogen and oxygen atoms in total. The maximum absolute atomic E-state index is 12.2. The molecule has 5 heteroatoms. The molecule has 4 rings (SSSR count). The molecule has 1 amide bonds. The lowest BCUT2D eigenvalue weighted by Crippen LogP contribution is -2.22. The van der Waals surface area contributed by atoms with Gasteiger partial charge in [-0.3, -0.25) is 4.79 Å². The normalized spacial score (nSPS) is 16.8. The Hall–Kier alpha value is -2.82. The molecule has 0 bridgehead atoms. The number of carbonyl (C=O) groups excluding carboxylic acids is 1. The lowest BCUT2D eigenvalue weighted by Gasteiger charge is -2.09. The minimum atomic E-state index is -0.103. The van der Waals surface area contributed by atoms with Crippen LogP contribution in [0.4, 0.5) is 5.69 Å². The first-order valence-corrected chi connectivity index (χ1v) is 7.93. The van der Waals surface area contributed by atoms with E-state index in [1.165, 1.54) is 0 Å². The van der Waals surface area contributed by atoms with Crippen molar-refractivity contribution in [1.29, 1.82) is 0 Å². The van der Waals surface area contributed by atoms with Gasteiger partial charge in [-0.1, -0.05) is 0 Å². The van der Waals surface area contributed by atoms with Crippen LogP contribution >= 0.6 is 0 Å². The van der Waals surface area contributed by atoms with E-state index in [2.05, 4.69) is 10.6 Å². The monoisotopic (exact) mass is 321 g/mol. The molecule has 0 fully saturated rings. The highest BCUT2D eigenvalue weighted by Crippen LogP contribution is 2.39. The van der Waals surface area contributed by atoms with E-state index in [1.807, 2.05) is 51.4 Å². The molecular formula is C19H19N3O2. The summed E-state index contributed by atoms with van der Waals surface area (Å²) in [6, 6.07) is 12.0. The number of methoxy groups -OCH3 is 1. The molecule has 122 valence electrons. The number of aromatic nitrogens is 2. The molecule has 1 atom stereocenters. The third-order valence-electron chi connectivity index (χ3n) is 4.91. The number of nitrogens with zero attached hydrogens (tertiary/aromatic N) is 3. The number of benzene rings is 2. The molecule has 3 aromatic rings. The second-order valence-corrected chi connectivity index (χ2v) is 6.24. The molecule has 1 aliphatic heterocycles. The smallest absolute Gasteiger partial charge is 0.234 e. The van der Waals surface area contributed by atoms with Gasteiger partial charge in [0.15, 0.2) is 0 Å². The SMILES string of the molecule is COc1ccc(-c2nc3cc4c(cc3n2C)C(C)C(=O)N4C)cc1. The van der Waals surface area contributed by atoms with Crippen molar-refractivity contribution >= 4 is 22.6 Å². The van der Waals surface area contributed by atoms with Gasteiger partial charge in [0.1, 0.15) is 11.6 Å². The maximum Gasteiger partial charge on any atom is 0.234 e. The summed E-state index contributed by atoms with van der Waals surface area (Å²) in [6.07, 6.45) is 0. The highest BCUT2D eigenvalue weighted by molar-refractivity contribution is 6.06. The Balaban J connectivity index is 1.88. The van der Waals surface area contributed by atoms with Crippen LogP contribution in [0, 0.1) is 0 Å². The Labute approximate surface area is 140 Å². The van der Waals surface area contributed by atoms with Gasteiger partial charge in [-0.2, -0.15) is 0 Å². The van der Waals surface area contributed by atoms with E-state index in [1.54, 1.807) is 12.0 Å². The zero-order chi connectivity index (χ0) is 17.0. The summed E-state index contributed by atoms with van der Waals surface area (Å²) in [7, 11) is 5.49. The van der Waals surface area contributed by atoms with Gasteiger partial charge in [-0.25, -0.2) is 4.98 Å². The maximum atomic E-state index is 12.2. The van der Waals surface area contributed by atoms with Crippen molar-refractivity contribution in [1.82, 2.24) is 9.55 Å². The first-order valence-electron chi connectivity index (χ1n) is 7.93. The van der Waals surface area contributed by atoms with Gasteiger partial charge < -0.3 is 14.2 Å². The van der Waals surface area contributed by atoms with Crippen molar-refractivity contribution in [2.45, 2.75) is 12.8 Å². The van der Waals surface area contributed by atoms with E-state index in [4.69, 9.17) is 9.72 Å². The number of imidazole rings is 1. The molecule has 2 aromatic carbocycles. The van der Waals surface area contributed by atoms with Crippen LogP contribution in [0.5, 0.6) is 5.75 Å². The number of rotatable bonds is 2. The molecule has 2 heterocycles. The summed E-state index contributed by atoms with van der Waals surface area (Å²) >= 11 is 0. The van der Waals surface area contributed by atoms with Gasteiger partial charge in [0.05, 0.1) is 24.1 Å². The van der Waals surface area contributed by atoms with Crippen molar-refractivity contribution in [3.63, 3.8) is 0 Å². The average Bonchev–Trinajstić information content (AvgIpc) is 3.04. The summed E-state index contributed by atoms with van der Waals surface area (Å²) in [4.78, 5) is 18.7. The zero-order valence-corrected chi connectivity index (χ0v) is 14.2. The fraction of sp³-hybridized carbons (Fsp3) is 0.263. The average molecular weight is 321 g/mol. The van der Waals surface area contributed by atoms with E-state index < -0.39 is 0 Å². The lowest BCUT2D eigenvalue weighted by atomic mass is 10.0. The predicted molar refractivity (Wildman–Crippen MR) is 94.5 cm³/mol. The van der Waals surface area contributed by atoms with Gasteiger partial charge in [0.2, 0.25) is 5.91 Å². The first kappa shape index (κ1) is 14.8. The third kappa shape index (κ3) is 1.94. The fourth-order valence-electron chi connectivity index (χ4n) is 3.42. The fourth-order valence-corrected chi connectivity index (χ4v) is 3.42. The van der Waals surface area contributed by atoms with Crippen LogP contribution in [0.1, 0.15) is 18.4 Å². The molecule has 0 saturated carbocycles. The number of fused-ring (bicyclic) bond motifs is 2. The number of hydrogen-bond acceptors (Lipinski definition) is 3. The van der Waals surface area contributed by atoms with Crippen molar-refractivity contribution < 1.29 is 9.53 Å². The molecule has 0 saturated heterocycles. The topological polar surface area (TPSA) is 47.4 Å². The van der Waals surface area contributed by atoms with Crippen LogP contribution in [0.3, 0.4) is 0 Å². The van der Waals surface area contributed by atoms with Gasteiger partial charge in [0, 0.05) is 25.3 Å². The molecule has 0 N–H and O–H groups in total. The molecule has 1 aliphatic rings. The number of carbonyl (C=O) groups is 1. The summed E-state index contributed by atoms with van der Waals surface area (Å²) in [5, 5.41) is 0. The van der Waals surface area contributed by atoms with Crippen molar-refractivity contribution in [2.24, 2.45) is 7.05 Å². The lowest BCUT2D eigenvalue weighted by molar-refractivity contribution is -0.118. The number of aryl methyl sites for hydroxylation is 1. The summed E-state index contributed by atoms with van der Waals surface area (Å²) < 4.78 is 7.29. The molecular weight excluding hydrogens is 302 g/mol. The Kier molecular flexibility index (Phi) is 3.13. The number of hydrogen-bond donors (Lipinski definition) is 0. The second-order valence-electron chi connectivity index (χ2n) is 6.24. The van der Waals surface area contributed by atoms with E-state index in [0.717, 1.165) is 39.4 Å². The van der Waals surface area contributed by atoms with E-state index in [9.17, 15) is 4.79 Å². The van der Waals surface area contributed by atoms with Crippen molar-refractivity contribution in [3.05, 3.63) is 42.0 Å². The standard InChI is InChI=1S/C19H19N3O2/c1-11-14-9-17-15(10-16(14)22(3)19(11)23)20-18(21(17)2)12-5-7-13(24-4)8-6-12/h5-11H,1-4H3. The Morgan fingerprint density at radius 2 is 1.83 bits per heavy atom. The number of amides is 1. The third-order valence-corrected chi connectivity index (χ3v) is 4.91. The Morgan fingerprint density at radius 1 is 1.12 bits per heavy atom. The highest BCUT2D eigenvalue weighted by atomic mass is 16.5. The number of anilines is 1. The minimum absolute atomic E-state index is 0.103. The Morgan fingerprint density at radius 3 is 2.50 bits per heavy atom. The van der Waals surface area contributed by atoms with Gasteiger partial charge in [-0.15, -0.1) is 0 Å². The van der Waals surface area contributed by atoms with Crippen molar-refractivity contribution in [3.8, 4) is 17.1 Å². The van der Waals surface area contributed by atoms with Crippen LogP contribution in [0.2, 0.25) is 0 Å². The van der Waals surface area contributed by atoms with Crippen LogP contribution in [0.15, 0.2) is 36.4 Å². The molecule has 24 heavy (non-hydrogen) atoms. The van der Waals surface area contributed by atoms with Crippen LogP contribution < -0.4 is 9.64 Å². The quantitative estimate of drug-likeness (QED) is 0.727. The van der Waals surface area contributed by atoms with Crippen LogP contribution in [0.25, 0.3) is 22.4 Å². The zero-order valence-electron chi connectivity index (χ0n) is 14.2. The second kappa shape index (κ2) is 5.09. The highest BCUT2D eigenvalue weighted by Gasteiger charge is 2.32. The molecule has 0 spiro atoms. The number of likely N-dealkylation sites (N-methyl/N-ethyl adjacent to an activating group) is 1. The minimum Gasteiger partial charge on any atom is -0.497 e. The molecule has 0 aliphatic carbocycles. The molecule has 1 unspecified atom stereocenters. The van der Waals surface area contributed by atoms with E-state index >= 15 is 0 Å². The largest absolute Gasteiger partial charge is 0.497 e. The Bertz CT molecular complexity index is 957. The van der Waals surface area contributed by atoms with Crippen LogP contribution in [-0.4, -0.2) is 29.6 Å². The van der Waals surface area contributed by atoms with E-state index in [-0.39, 0.29) is 11.8 Å². The van der Waals surface area contributed by atoms with Crippen LogP contribution in [-0.2, 0) is 11.8 Å².